The van der Waals surface area contributed by atoms with Crippen LogP contribution in [0.1, 0.15) is 5.69 Å². The van der Waals surface area contributed by atoms with E-state index < -0.39 is 11.8 Å². The van der Waals surface area contributed by atoms with Crippen molar-refractivity contribution in [2.75, 3.05) is 0 Å². The summed E-state index contributed by atoms with van der Waals surface area (Å²) in [4.78, 5) is 13.8. The van der Waals surface area contributed by atoms with Crippen molar-refractivity contribution in [3.05, 3.63) is 28.8 Å². The van der Waals surface area contributed by atoms with Crippen LogP contribution in [0, 0.1) is 5.82 Å². The van der Waals surface area contributed by atoms with Gasteiger partial charge in [0.25, 0.3) is 0 Å². The van der Waals surface area contributed by atoms with E-state index in [-0.39, 0.29) is 17.3 Å². The van der Waals surface area contributed by atoms with Crippen LogP contribution in [0.25, 0.3) is 0 Å². The maximum absolute atomic E-state index is 12.6. The number of halogens is 2. The molecule has 0 unspecified atom stereocenters. The summed E-state index contributed by atoms with van der Waals surface area (Å²) in [5.74, 6) is -1.64. The van der Waals surface area contributed by atoms with E-state index in [1.54, 1.807) is 0 Å². The summed E-state index contributed by atoms with van der Waals surface area (Å²) in [5.41, 5.74) is 0.118. The van der Waals surface area contributed by atoms with Crippen molar-refractivity contribution in [2.24, 2.45) is 0 Å². The number of carbonyl (C=O) groups is 1. The fourth-order valence-electron chi connectivity index (χ4n) is 0.762. The van der Waals surface area contributed by atoms with E-state index in [2.05, 4.69) is 4.98 Å². The minimum Gasteiger partial charge on any atom is -0.481 e. The smallest absolute Gasteiger partial charge is 0.309 e. The Kier molecular flexibility index (Phi) is 2.60. The van der Waals surface area contributed by atoms with Crippen LogP contribution in [0.3, 0.4) is 0 Å². The molecule has 1 rings (SSSR count). The Balaban J connectivity index is 2.93. The van der Waals surface area contributed by atoms with Crippen molar-refractivity contribution in [1.82, 2.24) is 4.98 Å². The van der Waals surface area contributed by atoms with Gasteiger partial charge in [-0.25, -0.2) is 9.37 Å². The number of hydrogen-bond donors (Lipinski definition) is 1. The Morgan fingerprint density at radius 3 is 2.83 bits per heavy atom. The van der Waals surface area contributed by atoms with E-state index in [1.807, 2.05) is 0 Å². The van der Waals surface area contributed by atoms with E-state index in [1.165, 1.54) is 0 Å². The van der Waals surface area contributed by atoms with Crippen molar-refractivity contribution >= 4 is 17.6 Å². The zero-order chi connectivity index (χ0) is 9.14. The van der Waals surface area contributed by atoms with E-state index in [4.69, 9.17) is 16.7 Å². The second-order valence-corrected chi connectivity index (χ2v) is 2.56. The van der Waals surface area contributed by atoms with Crippen molar-refractivity contribution < 1.29 is 14.3 Å². The Labute approximate surface area is 72.8 Å². The summed E-state index contributed by atoms with van der Waals surface area (Å²) >= 11 is 5.39. The maximum Gasteiger partial charge on any atom is 0.309 e. The van der Waals surface area contributed by atoms with Crippen molar-refractivity contribution in [3.8, 4) is 0 Å². The molecular formula is C7H5ClFNO2. The first kappa shape index (κ1) is 8.93. The van der Waals surface area contributed by atoms with Crippen molar-refractivity contribution in [1.29, 1.82) is 0 Å². The van der Waals surface area contributed by atoms with Gasteiger partial charge in [0.05, 0.1) is 12.1 Å². The first-order chi connectivity index (χ1) is 5.58. The highest BCUT2D eigenvalue weighted by atomic mass is 35.5. The zero-order valence-corrected chi connectivity index (χ0v) is 6.68. The summed E-state index contributed by atoms with van der Waals surface area (Å²) in [6.45, 7) is 0. The lowest BCUT2D eigenvalue weighted by molar-refractivity contribution is -0.136. The summed E-state index contributed by atoms with van der Waals surface area (Å²) < 4.78 is 12.6. The monoisotopic (exact) mass is 189 g/mol. The minimum atomic E-state index is -1.07. The number of hydrogen-bond acceptors (Lipinski definition) is 2. The van der Waals surface area contributed by atoms with E-state index >= 15 is 0 Å². The van der Waals surface area contributed by atoms with Crippen molar-refractivity contribution in [2.45, 2.75) is 6.42 Å². The maximum atomic E-state index is 12.6. The molecule has 1 heterocycles. The van der Waals surface area contributed by atoms with Crippen LogP contribution in [-0.2, 0) is 11.2 Å². The normalized spacial score (nSPS) is 9.83. The van der Waals surface area contributed by atoms with Crippen molar-refractivity contribution in [3.63, 3.8) is 0 Å². The zero-order valence-electron chi connectivity index (χ0n) is 5.92. The fraction of sp³-hybridized carbons (Fsp3) is 0.143. The molecule has 0 aliphatic rings. The van der Waals surface area contributed by atoms with E-state index in [9.17, 15) is 9.18 Å². The molecule has 1 aromatic heterocycles. The molecule has 0 saturated carbocycles. The fourth-order valence-corrected chi connectivity index (χ4v) is 0.975. The van der Waals surface area contributed by atoms with E-state index in [0.29, 0.717) is 0 Å². The molecule has 1 aromatic rings. The Hall–Kier alpha value is -1.16. The molecule has 0 fully saturated rings. The quantitative estimate of drug-likeness (QED) is 0.718. The number of carboxylic acid groups (broad SMARTS) is 1. The van der Waals surface area contributed by atoms with Gasteiger partial charge in [-0.1, -0.05) is 11.6 Å². The number of nitrogens with zero attached hydrogens (tertiary/aromatic N) is 1. The van der Waals surface area contributed by atoms with Gasteiger partial charge >= 0.3 is 5.97 Å². The number of rotatable bonds is 2. The predicted octanol–water partition coefficient (Wildman–Crippen LogP) is 1.50. The molecule has 0 atom stereocenters. The molecule has 3 nitrogen and oxygen atoms in total. The summed E-state index contributed by atoms with van der Waals surface area (Å²) in [7, 11) is 0. The highest BCUT2D eigenvalue weighted by Gasteiger charge is 2.04. The van der Waals surface area contributed by atoms with Gasteiger partial charge in [-0.15, -0.1) is 0 Å². The van der Waals surface area contributed by atoms with Gasteiger partial charge in [0.2, 0.25) is 0 Å². The average Bonchev–Trinajstić information content (AvgIpc) is 1.81. The van der Waals surface area contributed by atoms with Gasteiger partial charge in [0.1, 0.15) is 11.0 Å². The second-order valence-electron chi connectivity index (χ2n) is 2.17. The van der Waals surface area contributed by atoms with Gasteiger partial charge in [0.15, 0.2) is 0 Å². The molecule has 0 aliphatic carbocycles. The molecular weight excluding hydrogens is 185 g/mol. The van der Waals surface area contributed by atoms with Gasteiger partial charge in [-0.05, 0) is 6.07 Å². The third-order valence-corrected chi connectivity index (χ3v) is 1.34. The standard InChI is InChI=1S/C7H5ClFNO2/c8-6-2-4(9)1-5(10-6)3-7(11)12/h1-2H,3H2,(H,11,12). The first-order valence-electron chi connectivity index (χ1n) is 3.11. The molecule has 1 N–H and O–H groups in total. The molecule has 0 bridgehead atoms. The summed E-state index contributed by atoms with van der Waals surface area (Å²) in [6, 6.07) is 2.06. The number of pyridine rings is 1. The molecule has 0 spiro atoms. The molecule has 0 aliphatic heterocycles. The average molecular weight is 190 g/mol. The largest absolute Gasteiger partial charge is 0.481 e. The summed E-state index contributed by atoms with van der Waals surface area (Å²) in [6.07, 6.45) is -0.322. The second kappa shape index (κ2) is 3.49. The highest BCUT2D eigenvalue weighted by Crippen LogP contribution is 2.09. The van der Waals surface area contributed by atoms with Crippen LogP contribution in [0.2, 0.25) is 5.15 Å². The molecule has 12 heavy (non-hydrogen) atoms. The Morgan fingerprint density at radius 1 is 1.67 bits per heavy atom. The van der Waals surface area contributed by atoms with Crippen LogP contribution in [0.5, 0.6) is 0 Å². The van der Waals surface area contributed by atoms with E-state index in [0.717, 1.165) is 12.1 Å². The molecule has 64 valence electrons. The van der Waals surface area contributed by atoms with Gasteiger partial charge in [-0.3, -0.25) is 4.79 Å². The molecule has 5 heteroatoms. The van der Waals surface area contributed by atoms with Gasteiger partial charge in [-0.2, -0.15) is 0 Å². The predicted molar refractivity (Wildman–Crippen MR) is 40.5 cm³/mol. The van der Waals surface area contributed by atoms with Gasteiger partial charge in [0, 0.05) is 6.07 Å². The first-order valence-corrected chi connectivity index (χ1v) is 3.49. The lowest BCUT2D eigenvalue weighted by Crippen LogP contribution is -2.02. The van der Waals surface area contributed by atoms with Crippen LogP contribution < -0.4 is 0 Å². The lowest BCUT2D eigenvalue weighted by Gasteiger charge is -1.96. The lowest BCUT2D eigenvalue weighted by atomic mass is 10.3. The SMILES string of the molecule is O=C(O)Cc1cc(F)cc(Cl)n1. The van der Waals surface area contributed by atoms with Gasteiger partial charge < -0.3 is 5.11 Å². The number of aliphatic carboxylic acids is 1. The summed E-state index contributed by atoms with van der Waals surface area (Å²) in [5, 5.41) is 8.31. The number of aromatic nitrogens is 1. The Morgan fingerprint density at radius 2 is 2.33 bits per heavy atom. The topological polar surface area (TPSA) is 50.2 Å². The third-order valence-electron chi connectivity index (χ3n) is 1.14. The molecule has 0 amide bonds. The number of carboxylic acids is 1. The Bertz CT molecular complexity index is 296. The van der Waals surface area contributed by atoms with Crippen LogP contribution in [0.15, 0.2) is 12.1 Å². The van der Waals surface area contributed by atoms with Crippen LogP contribution in [0.4, 0.5) is 4.39 Å². The minimum absolute atomic E-state index is 0.0359. The van der Waals surface area contributed by atoms with Crippen LogP contribution in [-0.4, -0.2) is 16.1 Å². The molecule has 0 aromatic carbocycles. The highest BCUT2D eigenvalue weighted by molar-refractivity contribution is 6.29. The third kappa shape index (κ3) is 2.47. The molecule has 0 saturated heterocycles. The molecule has 0 radical (unpaired) electrons. The van der Waals surface area contributed by atoms with Crippen LogP contribution >= 0.6 is 11.6 Å².